The van der Waals surface area contributed by atoms with Crippen LogP contribution in [0.3, 0.4) is 0 Å². The van der Waals surface area contributed by atoms with Crippen molar-refractivity contribution in [2.45, 2.75) is 33.7 Å². The molecule has 10 heteroatoms. The maximum Gasteiger partial charge on any atom is 0.277 e. The number of aryl methyl sites for hydroxylation is 3. The Balaban J connectivity index is 0.00000182. The highest BCUT2D eigenvalue weighted by Gasteiger charge is 2.26. The molecule has 2 aromatic heterocycles. The molecule has 0 bridgehead atoms. The summed E-state index contributed by atoms with van der Waals surface area (Å²) in [6.07, 6.45) is 0. The van der Waals surface area contributed by atoms with E-state index >= 15 is 0 Å². The first-order valence-electron chi connectivity index (χ1n) is 8.34. The van der Waals surface area contributed by atoms with Crippen molar-refractivity contribution in [1.29, 1.82) is 0 Å². The zero-order valence-corrected chi connectivity index (χ0v) is 18.5. The van der Waals surface area contributed by atoms with E-state index in [0.29, 0.717) is 34.2 Å². The molecule has 1 saturated heterocycles. The highest BCUT2D eigenvalue weighted by Crippen LogP contribution is 2.29. The lowest BCUT2D eigenvalue weighted by Gasteiger charge is -2.31. The third kappa shape index (κ3) is 4.51. The van der Waals surface area contributed by atoms with Crippen molar-refractivity contribution in [3.05, 3.63) is 32.2 Å². The van der Waals surface area contributed by atoms with E-state index in [1.165, 1.54) is 16.0 Å². The highest BCUT2D eigenvalue weighted by atomic mass is 35.5. The summed E-state index contributed by atoms with van der Waals surface area (Å²) < 4.78 is 1.33. The van der Waals surface area contributed by atoms with Gasteiger partial charge in [0.15, 0.2) is 0 Å². The van der Waals surface area contributed by atoms with Crippen LogP contribution in [0.2, 0.25) is 0 Å². The van der Waals surface area contributed by atoms with Gasteiger partial charge in [0, 0.05) is 32.7 Å². The Morgan fingerprint density at radius 3 is 2.52 bits per heavy atom. The summed E-state index contributed by atoms with van der Waals surface area (Å²) in [5.41, 5.74) is 2.62. The minimum atomic E-state index is -0.188. The van der Waals surface area contributed by atoms with Crippen molar-refractivity contribution in [2.24, 2.45) is 7.05 Å². The minimum Gasteiger partial charge on any atom is -0.335 e. The van der Waals surface area contributed by atoms with Gasteiger partial charge in [-0.2, -0.15) is 5.10 Å². The molecule has 1 atom stereocenters. The highest BCUT2D eigenvalue weighted by molar-refractivity contribution is 7.17. The second kappa shape index (κ2) is 9.14. The predicted molar refractivity (Wildman–Crippen MR) is 113 cm³/mol. The van der Waals surface area contributed by atoms with Crippen molar-refractivity contribution in [2.75, 3.05) is 19.6 Å². The molecule has 0 spiro atoms. The maximum absolute atomic E-state index is 12.9. The minimum absolute atomic E-state index is 0. The van der Waals surface area contributed by atoms with Crippen LogP contribution in [0.25, 0.3) is 10.6 Å². The molecule has 1 fully saturated rings. The number of piperazine rings is 1. The fourth-order valence-electron chi connectivity index (χ4n) is 3.06. The van der Waals surface area contributed by atoms with E-state index in [1.54, 1.807) is 7.05 Å². The zero-order valence-electron chi connectivity index (χ0n) is 16.0. The van der Waals surface area contributed by atoms with E-state index in [1.807, 2.05) is 25.7 Å². The summed E-state index contributed by atoms with van der Waals surface area (Å²) in [5, 5.41) is 8.13. The molecular formula is C17H25Cl2N5O2S. The standard InChI is InChI=1S/C17H23N5O2S.2ClH/c1-9-8-22(7-6-18-9)17(24)14-12(4)19-15(25-14)13-10(2)11(3)20-21(5)16(13)23;;/h9,18H,6-8H2,1-5H3;2*1H. The smallest absolute Gasteiger partial charge is 0.277 e. The molecule has 0 aliphatic carbocycles. The number of carbonyl (C=O) groups is 1. The first kappa shape index (κ1) is 23.6. The number of rotatable bonds is 2. The largest absolute Gasteiger partial charge is 0.335 e. The number of nitrogens with zero attached hydrogens (tertiary/aromatic N) is 4. The van der Waals surface area contributed by atoms with E-state index in [-0.39, 0.29) is 42.3 Å². The molecule has 1 aliphatic heterocycles. The lowest BCUT2D eigenvalue weighted by molar-refractivity contribution is 0.0713. The molecule has 3 rings (SSSR count). The summed E-state index contributed by atoms with van der Waals surface area (Å²) in [4.78, 5) is 32.4. The Hall–Kier alpha value is -1.48. The predicted octanol–water partition coefficient (Wildman–Crippen LogP) is 2.11. The van der Waals surface area contributed by atoms with Gasteiger partial charge in [-0.15, -0.1) is 36.2 Å². The quantitative estimate of drug-likeness (QED) is 0.783. The second-order valence-corrected chi connectivity index (χ2v) is 7.55. The molecule has 150 valence electrons. The SMILES string of the molecule is Cc1nc(-c2c(C)c(C)nn(C)c2=O)sc1C(=O)N1CCNC(C)C1.Cl.Cl. The van der Waals surface area contributed by atoms with Gasteiger partial charge >= 0.3 is 0 Å². The van der Waals surface area contributed by atoms with Crippen LogP contribution < -0.4 is 10.9 Å². The third-order valence-electron chi connectivity index (χ3n) is 4.59. The van der Waals surface area contributed by atoms with Gasteiger partial charge in [0.1, 0.15) is 9.88 Å². The molecule has 0 aromatic carbocycles. The van der Waals surface area contributed by atoms with Gasteiger partial charge in [0.05, 0.1) is 17.0 Å². The van der Waals surface area contributed by atoms with Crippen LogP contribution in [0, 0.1) is 20.8 Å². The fourth-order valence-corrected chi connectivity index (χ4v) is 4.19. The molecule has 0 saturated carbocycles. The number of carbonyl (C=O) groups excluding carboxylic acids is 1. The third-order valence-corrected chi connectivity index (χ3v) is 5.75. The summed E-state index contributed by atoms with van der Waals surface area (Å²) in [7, 11) is 1.63. The van der Waals surface area contributed by atoms with Crippen molar-refractivity contribution >= 4 is 42.1 Å². The first-order chi connectivity index (χ1) is 11.8. The van der Waals surface area contributed by atoms with Gasteiger partial charge in [0.2, 0.25) is 0 Å². The lowest BCUT2D eigenvalue weighted by atomic mass is 10.1. The van der Waals surface area contributed by atoms with E-state index in [0.717, 1.165) is 17.8 Å². The van der Waals surface area contributed by atoms with Crippen LogP contribution in [0.15, 0.2) is 4.79 Å². The Bertz CT molecular complexity index is 896. The molecule has 7 nitrogen and oxygen atoms in total. The van der Waals surface area contributed by atoms with Crippen LogP contribution in [0.1, 0.15) is 33.5 Å². The molecule has 1 N–H and O–H groups in total. The lowest BCUT2D eigenvalue weighted by Crippen LogP contribution is -2.51. The summed E-state index contributed by atoms with van der Waals surface area (Å²) in [6, 6.07) is 0.280. The van der Waals surface area contributed by atoms with Crippen molar-refractivity contribution in [1.82, 2.24) is 25.0 Å². The number of aromatic nitrogens is 3. The molecule has 1 unspecified atom stereocenters. The van der Waals surface area contributed by atoms with Crippen molar-refractivity contribution in [3.8, 4) is 10.6 Å². The number of halogens is 2. The average molecular weight is 434 g/mol. The van der Waals surface area contributed by atoms with Crippen LogP contribution in [0.4, 0.5) is 0 Å². The van der Waals surface area contributed by atoms with Crippen LogP contribution in [-0.2, 0) is 7.05 Å². The number of amides is 1. The molecule has 2 aromatic rings. The van der Waals surface area contributed by atoms with Crippen molar-refractivity contribution in [3.63, 3.8) is 0 Å². The van der Waals surface area contributed by atoms with E-state index in [9.17, 15) is 9.59 Å². The van der Waals surface area contributed by atoms with Crippen LogP contribution in [0.5, 0.6) is 0 Å². The Morgan fingerprint density at radius 2 is 1.89 bits per heavy atom. The van der Waals surface area contributed by atoms with Gasteiger partial charge in [-0.3, -0.25) is 9.59 Å². The fraction of sp³-hybridized carbons (Fsp3) is 0.529. The van der Waals surface area contributed by atoms with E-state index in [4.69, 9.17) is 0 Å². The maximum atomic E-state index is 12.9. The van der Waals surface area contributed by atoms with Gasteiger partial charge in [-0.05, 0) is 33.3 Å². The van der Waals surface area contributed by atoms with Gasteiger partial charge in [-0.25, -0.2) is 9.67 Å². The Labute approximate surface area is 175 Å². The van der Waals surface area contributed by atoms with Crippen LogP contribution in [-0.4, -0.2) is 51.2 Å². The molecule has 1 amide bonds. The van der Waals surface area contributed by atoms with Crippen molar-refractivity contribution < 1.29 is 4.79 Å². The van der Waals surface area contributed by atoms with Gasteiger partial charge in [-0.1, -0.05) is 0 Å². The summed E-state index contributed by atoms with van der Waals surface area (Å²) in [6.45, 7) is 9.79. The molecule has 0 radical (unpaired) electrons. The normalized spacial score (nSPS) is 16.5. The average Bonchev–Trinajstić information content (AvgIpc) is 2.94. The van der Waals surface area contributed by atoms with Crippen LogP contribution >= 0.6 is 36.2 Å². The number of hydrogen-bond donors (Lipinski definition) is 1. The second-order valence-electron chi connectivity index (χ2n) is 6.55. The molecule has 1 aliphatic rings. The van der Waals surface area contributed by atoms with Gasteiger partial charge in [0.25, 0.3) is 11.5 Å². The topological polar surface area (TPSA) is 80.1 Å². The Kier molecular flexibility index (Phi) is 7.98. The summed E-state index contributed by atoms with van der Waals surface area (Å²) >= 11 is 1.30. The first-order valence-corrected chi connectivity index (χ1v) is 9.16. The number of hydrogen-bond acceptors (Lipinski definition) is 6. The zero-order chi connectivity index (χ0) is 18.3. The number of thiazole rings is 1. The molecule has 27 heavy (non-hydrogen) atoms. The molecular weight excluding hydrogens is 409 g/mol. The summed E-state index contributed by atoms with van der Waals surface area (Å²) in [5.74, 6) is -0.00476. The van der Waals surface area contributed by atoms with Gasteiger partial charge < -0.3 is 10.2 Å². The number of nitrogens with one attached hydrogen (secondary N) is 1. The Morgan fingerprint density at radius 1 is 1.22 bits per heavy atom. The van der Waals surface area contributed by atoms with E-state index in [2.05, 4.69) is 22.3 Å². The van der Waals surface area contributed by atoms with E-state index < -0.39 is 0 Å². The monoisotopic (exact) mass is 433 g/mol. The molecule has 3 heterocycles.